The molecule has 3 amide bonds. The summed E-state index contributed by atoms with van der Waals surface area (Å²) in [6.45, 7) is 2.40. The first kappa shape index (κ1) is 30.9. The maximum absolute atomic E-state index is 14.7. The highest BCUT2D eigenvalue weighted by atomic mass is 19.1. The van der Waals surface area contributed by atoms with Gasteiger partial charge < -0.3 is 25.4 Å². The third-order valence-electron chi connectivity index (χ3n) is 8.31. The Hall–Kier alpha value is -4.57. The number of nitrogens with one attached hydrogen (secondary N) is 3. The van der Waals surface area contributed by atoms with E-state index >= 15 is 0 Å². The van der Waals surface area contributed by atoms with Gasteiger partial charge in [0.15, 0.2) is 0 Å². The Balaban J connectivity index is 1.41. The lowest BCUT2D eigenvalue weighted by molar-refractivity contribution is -0.139. The normalized spacial score (nSPS) is 16.1. The molecule has 0 bridgehead atoms. The van der Waals surface area contributed by atoms with Crippen LogP contribution in [0.1, 0.15) is 43.6 Å². The number of likely N-dealkylation sites (tertiary alicyclic amines) is 1. The maximum Gasteiger partial charge on any atom is 0.247 e. The van der Waals surface area contributed by atoms with E-state index in [1.54, 1.807) is 37.2 Å². The third kappa shape index (κ3) is 6.65. The van der Waals surface area contributed by atoms with Gasteiger partial charge in [0, 0.05) is 31.3 Å². The van der Waals surface area contributed by atoms with Crippen molar-refractivity contribution in [1.29, 1.82) is 0 Å². The van der Waals surface area contributed by atoms with Crippen molar-refractivity contribution in [2.75, 3.05) is 27.2 Å². The van der Waals surface area contributed by atoms with Crippen molar-refractivity contribution in [3.05, 3.63) is 90.0 Å². The summed E-state index contributed by atoms with van der Waals surface area (Å²) >= 11 is 0. The zero-order valence-corrected chi connectivity index (χ0v) is 25.3. The van der Waals surface area contributed by atoms with Crippen molar-refractivity contribution in [3.63, 3.8) is 0 Å². The van der Waals surface area contributed by atoms with Crippen LogP contribution in [0.5, 0.6) is 0 Å². The first-order valence-electron chi connectivity index (χ1n) is 15.1. The average Bonchev–Trinajstić information content (AvgIpc) is 3.69. The summed E-state index contributed by atoms with van der Waals surface area (Å²) in [6.07, 6.45) is 2.17. The number of carbonyl (C=O) groups excluding carboxylic acids is 3. The highest BCUT2D eigenvalue weighted by Crippen LogP contribution is 2.35. The molecule has 5 rings (SSSR count). The van der Waals surface area contributed by atoms with Gasteiger partial charge in [0.2, 0.25) is 17.7 Å². The minimum Gasteiger partial charge on any atom is -0.343 e. The van der Waals surface area contributed by atoms with Crippen LogP contribution in [0, 0.1) is 5.82 Å². The standard InChI is InChI=1S/C34H39FN6O3/c1-4-26(36-2)33(43)38-28(21-40(3)30(42)20-22-12-6-5-7-13-22)34(44)41-19-11-18-29(41)32-37-27-17-10-15-24(31(27)39-32)23-14-8-9-16-25(23)35/h5-10,12-17,26,28-29,36H,4,11,18-21H2,1-3H3,(H,37,39)(H,38,43)/t26-,28-,29-/m0/s1. The fourth-order valence-electron chi connectivity index (χ4n) is 5.88. The molecule has 9 nitrogen and oxygen atoms in total. The Labute approximate surface area is 256 Å². The van der Waals surface area contributed by atoms with Crippen molar-refractivity contribution in [3.8, 4) is 11.1 Å². The van der Waals surface area contributed by atoms with Crippen LogP contribution < -0.4 is 10.6 Å². The monoisotopic (exact) mass is 598 g/mol. The quantitative estimate of drug-likeness (QED) is 0.240. The number of amides is 3. The first-order valence-corrected chi connectivity index (χ1v) is 15.1. The van der Waals surface area contributed by atoms with Crippen LogP contribution in [0.4, 0.5) is 4.39 Å². The van der Waals surface area contributed by atoms with Gasteiger partial charge in [0.1, 0.15) is 17.7 Å². The van der Waals surface area contributed by atoms with E-state index in [1.807, 2.05) is 55.5 Å². The number of likely N-dealkylation sites (N-methyl/N-ethyl adjacent to an activating group) is 2. The summed E-state index contributed by atoms with van der Waals surface area (Å²) in [6, 6.07) is 19.8. The molecule has 1 saturated heterocycles. The average molecular weight is 599 g/mol. The zero-order valence-electron chi connectivity index (χ0n) is 25.3. The van der Waals surface area contributed by atoms with Crippen molar-refractivity contribution < 1.29 is 18.8 Å². The first-order chi connectivity index (χ1) is 21.3. The molecule has 3 N–H and O–H groups in total. The zero-order chi connectivity index (χ0) is 31.2. The summed E-state index contributed by atoms with van der Waals surface area (Å²) in [7, 11) is 3.35. The molecule has 4 aromatic rings. The number of rotatable bonds is 11. The number of carbonyl (C=O) groups is 3. The molecule has 0 spiro atoms. The number of halogens is 1. The Kier molecular flexibility index (Phi) is 9.69. The number of hydrogen-bond acceptors (Lipinski definition) is 5. The molecule has 0 unspecified atom stereocenters. The van der Waals surface area contributed by atoms with Crippen molar-refractivity contribution in [2.45, 2.75) is 50.7 Å². The smallest absolute Gasteiger partial charge is 0.247 e. The van der Waals surface area contributed by atoms with E-state index in [0.717, 1.165) is 17.5 Å². The summed E-state index contributed by atoms with van der Waals surface area (Å²) in [4.78, 5) is 51.9. The minimum atomic E-state index is -0.950. The van der Waals surface area contributed by atoms with Crippen LogP contribution in [0.3, 0.4) is 0 Å². The molecule has 0 radical (unpaired) electrons. The Bertz CT molecular complexity index is 1620. The van der Waals surface area contributed by atoms with Gasteiger partial charge in [0.05, 0.1) is 29.5 Å². The van der Waals surface area contributed by atoms with Gasteiger partial charge in [-0.3, -0.25) is 14.4 Å². The number of aromatic nitrogens is 2. The molecular weight excluding hydrogens is 559 g/mol. The van der Waals surface area contributed by atoms with Gasteiger partial charge in [-0.15, -0.1) is 0 Å². The Morgan fingerprint density at radius 1 is 1.02 bits per heavy atom. The van der Waals surface area contributed by atoms with Gasteiger partial charge >= 0.3 is 0 Å². The van der Waals surface area contributed by atoms with Gasteiger partial charge in [-0.1, -0.05) is 67.6 Å². The predicted octanol–water partition coefficient (Wildman–Crippen LogP) is 4.22. The van der Waals surface area contributed by atoms with E-state index < -0.39 is 12.1 Å². The highest BCUT2D eigenvalue weighted by molar-refractivity contribution is 5.93. The molecule has 230 valence electrons. The van der Waals surface area contributed by atoms with Crippen LogP contribution >= 0.6 is 0 Å². The van der Waals surface area contributed by atoms with E-state index in [4.69, 9.17) is 4.98 Å². The minimum absolute atomic E-state index is 0.0250. The third-order valence-corrected chi connectivity index (χ3v) is 8.31. The second-order valence-electron chi connectivity index (χ2n) is 11.2. The molecule has 10 heteroatoms. The molecule has 3 atom stereocenters. The van der Waals surface area contributed by atoms with Crippen LogP contribution in [0.25, 0.3) is 22.2 Å². The van der Waals surface area contributed by atoms with Gasteiger partial charge in [-0.05, 0) is 44.0 Å². The van der Waals surface area contributed by atoms with E-state index in [1.165, 1.54) is 11.0 Å². The lowest BCUT2D eigenvalue weighted by atomic mass is 10.0. The second-order valence-corrected chi connectivity index (χ2v) is 11.2. The molecule has 1 fully saturated rings. The molecule has 1 aromatic heterocycles. The van der Waals surface area contributed by atoms with E-state index in [-0.39, 0.29) is 42.5 Å². The summed E-state index contributed by atoms with van der Waals surface area (Å²) in [5, 5.41) is 5.91. The number of H-pyrrole nitrogens is 1. The Morgan fingerprint density at radius 2 is 1.75 bits per heavy atom. The molecule has 1 aliphatic rings. The lowest BCUT2D eigenvalue weighted by Crippen LogP contribution is -2.57. The SMILES string of the molecule is CC[C@H](NC)C(=O)N[C@@H](CN(C)C(=O)Cc1ccccc1)C(=O)N1CCC[C@H]1c1nc2c(-c3ccccc3F)cccc2[nH]1. The molecule has 0 saturated carbocycles. The molecule has 44 heavy (non-hydrogen) atoms. The van der Waals surface area contributed by atoms with Crippen LogP contribution in [-0.4, -0.2) is 76.8 Å². The number of hydrogen-bond donors (Lipinski definition) is 3. The van der Waals surface area contributed by atoms with E-state index in [2.05, 4.69) is 15.6 Å². The van der Waals surface area contributed by atoms with E-state index in [0.29, 0.717) is 41.9 Å². The fraction of sp³-hybridized carbons (Fsp3) is 0.353. The fourth-order valence-corrected chi connectivity index (χ4v) is 5.88. The van der Waals surface area contributed by atoms with Crippen molar-refractivity contribution in [2.24, 2.45) is 0 Å². The molecule has 2 heterocycles. The number of imidazole rings is 1. The van der Waals surface area contributed by atoms with E-state index in [9.17, 15) is 18.8 Å². The molecular formula is C34H39FN6O3. The topological polar surface area (TPSA) is 110 Å². The number of para-hydroxylation sites is 1. The van der Waals surface area contributed by atoms with Crippen LogP contribution in [0.15, 0.2) is 72.8 Å². The number of benzene rings is 3. The molecule has 0 aliphatic carbocycles. The van der Waals surface area contributed by atoms with Crippen molar-refractivity contribution >= 4 is 28.8 Å². The van der Waals surface area contributed by atoms with Crippen LogP contribution in [0.2, 0.25) is 0 Å². The summed E-state index contributed by atoms with van der Waals surface area (Å²) in [5.41, 5.74) is 3.37. The summed E-state index contributed by atoms with van der Waals surface area (Å²) < 4.78 is 14.7. The van der Waals surface area contributed by atoms with Crippen LogP contribution in [-0.2, 0) is 20.8 Å². The predicted molar refractivity (Wildman–Crippen MR) is 168 cm³/mol. The second kappa shape index (κ2) is 13.8. The molecule has 3 aromatic carbocycles. The van der Waals surface area contributed by atoms with Crippen molar-refractivity contribution in [1.82, 2.24) is 30.4 Å². The lowest BCUT2D eigenvalue weighted by Gasteiger charge is -2.31. The van der Waals surface area contributed by atoms with Gasteiger partial charge in [0.25, 0.3) is 0 Å². The number of fused-ring (bicyclic) bond motifs is 1. The Morgan fingerprint density at radius 3 is 2.48 bits per heavy atom. The molecule has 1 aliphatic heterocycles. The maximum atomic E-state index is 14.7. The number of nitrogens with zero attached hydrogens (tertiary/aromatic N) is 3. The van der Waals surface area contributed by atoms with Gasteiger partial charge in [-0.2, -0.15) is 0 Å². The largest absolute Gasteiger partial charge is 0.343 e. The number of aromatic amines is 1. The highest BCUT2D eigenvalue weighted by Gasteiger charge is 2.38. The van der Waals surface area contributed by atoms with Gasteiger partial charge in [-0.25, -0.2) is 9.37 Å². The summed E-state index contributed by atoms with van der Waals surface area (Å²) in [5.74, 6) is -0.458.